The Morgan fingerprint density at radius 3 is 2.08 bits per heavy atom. The standard InChI is InChI=1S/C29H28N4O3/c34-27-26(31-29(36)30-21-9-3-1-4-10-21)28(35)33(25-18-19-15-16-20(25)17-19)24-14-8-7-13-23(24)32(27)22-11-5-2-6-12-22/h1-14,19-20,25-26H,15-18H2,(H2,30,31,36)/t19-,20+,25?,26?/m1/s1. The molecule has 1 heterocycles. The third kappa shape index (κ3) is 3.90. The highest BCUT2D eigenvalue weighted by Crippen LogP contribution is 2.50. The first kappa shape index (κ1) is 22.3. The second-order valence-corrected chi connectivity index (χ2v) is 9.85. The van der Waals surface area contributed by atoms with Crippen molar-refractivity contribution in [2.75, 3.05) is 15.1 Å². The first-order chi connectivity index (χ1) is 17.6. The van der Waals surface area contributed by atoms with Gasteiger partial charge in [-0.1, -0.05) is 55.0 Å². The lowest BCUT2D eigenvalue weighted by Crippen LogP contribution is -2.58. The van der Waals surface area contributed by atoms with Gasteiger partial charge in [-0.15, -0.1) is 0 Å². The molecular weight excluding hydrogens is 452 g/mol. The van der Waals surface area contributed by atoms with E-state index in [1.165, 1.54) is 6.42 Å². The van der Waals surface area contributed by atoms with Gasteiger partial charge in [0.05, 0.1) is 11.4 Å². The molecule has 0 radical (unpaired) electrons. The normalized spacial score (nSPS) is 24.9. The zero-order chi connectivity index (χ0) is 24.6. The van der Waals surface area contributed by atoms with Crippen LogP contribution in [0.3, 0.4) is 0 Å². The Bertz CT molecular complexity index is 1300. The molecule has 0 saturated heterocycles. The highest BCUT2D eigenvalue weighted by atomic mass is 16.2. The van der Waals surface area contributed by atoms with Crippen LogP contribution < -0.4 is 20.4 Å². The van der Waals surface area contributed by atoms with Crippen molar-refractivity contribution >= 4 is 40.6 Å². The number of benzene rings is 3. The van der Waals surface area contributed by atoms with Gasteiger partial charge in [0.25, 0.3) is 11.8 Å². The lowest BCUT2D eigenvalue weighted by molar-refractivity contribution is -0.128. The van der Waals surface area contributed by atoms with Crippen LogP contribution in [0.5, 0.6) is 0 Å². The molecule has 2 unspecified atom stereocenters. The molecule has 0 spiro atoms. The molecule has 4 amide bonds. The molecule has 2 bridgehead atoms. The summed E-state index contributed by atoms with van der Waals surface area (Å²) in [5.74, 6) is 0.153. The second-order valence-electron chi connectivity index (χ2n) is 9.85. The van der Waals surface area contributed by atoms with Gasteiger partial charge < -0.3 is 15.5 Å². The van der Waals surface area contributed by atoms with Crippen LogP contribution in [0.4, 0.5) is 27.5 Å². The Hall–Kier alpha value is -4.13. The first-order valence-electron chi connectivity index (χ1n) is 12.5. The summed E-state index contributed by atoms with van der Waals surface area (Å²) in [4.78, 5) is 44.6. The van der Waals surface area contributed by atoms with Crippen molar-refractivity contribution < 1.29 is 14.4 Å². The number of hydrogen-bond donors (Lipinski definition) is 2. The van der Waals surface area contributed by atoms with E-state index in [0.717, 1.165) is 19.3 Å². The third-order valence-corrected chi connectivity index (χ3v) is 7.69. The molecule has 2 saturated carbocycles. The Morgan fingerprint density at radius 2 is 1.42 bits per heavy atom. The van der Waals surface area contributed by atoms with E-state index in [2.05, 4.69) is 10.6 Å². The Labute approximate surface area is 210 Å². The fraction of sp³-hybridized carbons (Fsp3) is 0.276. The fourth-order valence-corrected chi connectivity index (χ4v) is 6.12. The molecule has 7 heteroatoms. The van der Waals surface area contributed by atoms with E-state index in [0.29, 0.717) is 34.6 Å². The molecule has 7 nitrogen and oxygen atoms in total. The van der Waals surface area contributed by atoms with Gasteiger partial charge in [0.15, 0.2) is 6.04 Å². The van der Waals surface area contributed by atoms with Gasteiger partial charge in [0, 0.05) is 17.4 Å². The van der Waals surface area contributed by atoms with Gasteiger partial charge in [-0.3, -0.25) is 14.5 Å². The van der Waals surface area contributed by atoms with Crippen LogP contribution in [-0.2, 0) is 9.59 Å². The number of carbonyl (C=O) groups is 3. The summed E-state index contributed by atoms with van der Waals surface area (Å²) in [6.45, 7) is 0. The number of fused-ring (bicyclic) bond motifs is 3. The summed E-state index contributed by atoms with van der Waals surface area (Å²) in [6.07, 6.45) is 4.32. The minimum absolute atomic E-state index is 0.0161. The Morgan fingerprint density at radius 1 is 0.750 bits per heavy atom. The van der Waals surface area contributed by atoms with E-state index >= 15 is 0 Å². The van der Waals surface area contributed by atoms with Crippen LogP contribution in [0, 0.1) is 11.8 Å². The van der Waals surface area contributed by atoms with Crippen molar-refractivity contribution in [3.63, 3.8) is 0 Å². The van der Waals surface area contributed by atoms with E-state index in [1.54, 1.807) is 17.0 Å². The van der Waals surface area contributed by atoms with Crippen LogP contribution >= 0.6 is 0 Å². The third-order valence-electron chi connectivity index (χ3n) is 7.69. The highest BCUT2D eigenvalue weighted by molar-refractivity contribution is 6.24. The van der Waals surface area contributed by atoms with E-state index in [4.69, 9.17) is 0 Å². The molecule has 2 fully saturated rings. The predicted octanol–water partition coefficient (Wildman–Crippen LogP) is 5.08. The van der Waals surface area contributed by atoms with E-state index in [9.17, 15) is 14.4 Å². The van der Waals surface area contributed by atoms with Gasteiger partial charge >= 0.3 is 6.03 Å². The van der Waals surface area contributed by atoms with E-state index in [1.807, 2.05) is 77.7 Å². The summed E-state index contributed by atoms with van der Waals surface area (Å²) in [5, 5.41) is 5.45. The summed E-state index contributed by atoms with van der Waals surface area (Å²) in [7, 11) is 0. The topological polar surface area (TPSA) is 81.8 Å². The number of urea groups is 1. The van der Waals surface area contributed by atoms with Crippen molar-refractivity contribution in [3.05, 3.63) is 84.9 Å². The van der Waals surface area contributed by atoms with Gasteiger partial charge in [0.2, 0.25) is 0 Å². The van der Waals surface area contributed by atoms with Crippen molar-refractivity contribution in [2.45, 2.75) is 37.8 Å². The molecule has 4 atom stereocenters. The zero-order valence-electron chi connectivity index (χ0n) is 19.8. The molecule has 2 aliphatic carbocycles. The zero-order valence-corrected chi connectivity index (χ0v) is 19.8. The van der Waals surface area contributed by atoms with Crippen LogP contribution in [-0.4, -0.2) is 29.9 Å². The number of amides is 4. The van der Waals surface area contributed by atoms with Crippen molar-refractivity contribution in [2.24, 2.45) is 11.8 Å². The largest absolute Gasteiger partial charge is 0.320 e. The maximum Gasteiger partial charge on any atom is 0.320 e. The van der Waals surface area contributed by atoms with Gasteiger partial charge in [-0.05, 0) is 67.5 Å². The minimum atomic E-state index is -1.36. The molecule has 3 aromatic carbocycles. The van der Waals surface area contributed by atoms with E-state index in [-0.39, 0.29) is 11.9 Å². The lowest BCUT2D eigenvalue weighted by atomic mass is 9.93. The molecule has 6 rings (SSSR count). The van der Waals surface area contributed by atoms with Crippen molar-refractivity contribution in [1.29, 1.82) is 0 Å². The molecule has 0 aromatic heterocycles. The molecule has 36 heavy (non-hydrogen) atoms. The highest BCUT2D eigenvalue weighted by Gasteiger charge is 2.49. The molecule has 182 valence electrons. The number of hydrogen-bond acceptors (Lipinski definition) is 3. The van der Waals surface area contributed by atoms with E-state index < -0.39 is 18.0 Å². The number of rotatable bonds is 4. The summed E-state index contributed by atoms with van der Waals surface area (Å²) in [5.41, 5.74) is 2.59. The average molecular weight is 481 g/mol. The lowest BCUT2D eigenvalue weighted by Gasteiger charge is -2.35. The molecule has 1 aliphatic heterocycles. The summed E-state index contributed by atoms with van der Waals surface area (Å²) >= 11 is 0. The fourth-order valence-electron chi connectivity index (χ4n) is 6.12. The van der Waals surface area contributed by atoms with Crippen LogP contribution in [0.1, 0.15) is 25.7 Å². The molecule has 3 aromatic rings. The average Bonchev–Trinajstić information content (AvgIpc) is 3.51. The number of nitrogens with one attached hydrogen (secondary N) is 2. The maximum absolute atomic E-state index is 14.2. The minimum Gasteiger partial charge on any atom is -0.318 e. The Balaban J connectivity index is 1.42. The Kier molecular flexibility index (Phi) is 5.68. The van der Waals surface area contributed by atoms with Crippen LogP contribution in [0.25, 0.3) is 0 Å². The SMILES string of the molecule is O=C(Nc1ccccc1)NC1C(=O)N(c2ccccc2)c2ccccc2N(C2C[C@@H]3CC[C@H]2C3)C1=O. The smallest absolute Gasteiger partial charge is 0.318 e. The monoisotopic (exact) mass is 480 g/mol. The van der Waals surface area contributed by atoms with Crippen LogP contribution in [0.15, 0.2) is 84.9 Å². The molecule has 3 aliphatic rings. The van der Waals surface area contributed by atoms with Gasteiger partial charge in [-0.25, -0.2) is 4.79 Å². The number of para-hydroxylation sites is 4. The number of carbonyl (C=O) groups excluding carboxylic acids is 3. The quantitative estimate of drug-likeness (QED) is 0.511. The van der Waals surface area contributed by atoms with Gasteiger partial charge in [0.1, 0.15) is 0 Å². The summed E-state index contributed by atoms with van der Waals surface area (Å²) < 4.78 is 0. The predicted molar refractivity (Wildman–Crippen MR) is 139 cm³/mol. The van der Waals surface area contributed by atoms with Crippen molar-refractivity contribution in [3.8, 4) is 0 Å². The first-order valence-corrected chi connectivity index (χ1v) is 12.5. The van der Waals surface area contributed by atoms with Crippen LogP contribution in [0.2, 0.25) is 0 Å². The molecule has 2 N–H and O–H groups in total. The number of anilines is 4. The number of nitrogens with zero attached hydrogens (tertiary/aromatic N) is 2. The summed E-state index contributed by atoms with van der Waals surface area (Å²) in [6, 6.07) is 23.9. The molecular formula is C29H28N4O3. The second kappa shape index (κ2) is 9.15. The van der Waals surface area contributed by atoms with Gasteiger partial charge in [-0.2, -0.15) is 0 Å². The van der Waals surface area contributed by atoms with Crippen molar-refractivity contribution in [1.82, 2.24) is 5.32 Å². The maximum atomic E-state index is 14.2.